The van der Waals surface area contributed by atoms with Gasteiger partial charge in [-0.1, -0.05) is 48.5 Å². The van der Waals surface area contributed by atoms with Gasteiger partial charge in [-0.05, 0) is 18.1 Å². The summed E-state index contributed by atoms with van der Waals surface area (Å²) in [6, 6.07) is 17.4. The zero-order valence-corrected chi connectivity index (χ0v) is 10.8. The standard InChI is InChI=1S/C16H19NO2/c18-11-10-15(13-6-2-1-3-7-13)17-12-14-8-4-5-9-16(14)19/h1-9,15,17-19H,10-12H2/t15-/m1/s1. The fourth-order valence-corrected chi connectivity index (χ4v) is 2.09. The maximum Gasteiger partial charge on any atom is 0.120 e. The van der Waals surface area contributed by atoms with Gasteiger partial charge in [0, 0.05) is 24.8 Å². The second-order valence-electron chi connectivity index (χ2n) is 4.49. The van der Waals surface area contributed by atoms with Gasteiger partial charge in [0.2, 0.25) is 0 Å². The van der Waals surface area contributed by atoms with Crippen LogP contribution >= 0.6 is 0 Å². The number of benzene rings is 2. The number of aliphatic hydroxyl groups is 1. The van der Waals surface area contributed by atoms with Crippen molar-refractivity contribution in [2.75, 3.05) is 6.61 Å². The zero-order chi connectivity index (χ0) is 13.5. The molecule has 0 bridgehead atoms. The molecule has 0 aliphatic heterocycles. The number of aromatic hydroxyl groups is 1. The molecule has 0 aromatic heterocycles. The normalized spacial score (nSPS) is 12.3. The van der Waals surface area contributed by atoms with Crippen molar-refractivity contribution in [3.05, 3.63) is 65.7 Å². The van der Waals surface area contributed by atoms with E-state index < -0.39 is 0 Å². The van der Waals surface area contributed by atoms with E-state index in [-0.39, 0.29) is 12.6 Å². The van der Waals surface area contributed by atoms with E-state index in [0.29, 0.717) is 18.7 Å². The largest absolute Gasteiger partial charge is 0.508 e. The Labute approximate surface area is 113 Å². The highest BCUT2D eigenvalue weighted by atomic mass is 16.3. The first-order valence-electron chi connectivity index (χ1n) is 6.47. The van der Waals surface area contributed by atoms with Crippen LogP contribution in [-0.2, 0) is 6.54 Å². The third-order valence-corrected chi connectivity index (χ3v) is 3.15. The molecule has 0 heterocycles. The first-order chi connectivity index (χ1) is 9.31. The van der Waals surface area contributed by atoms with Gasteiger partial charge >= 0.3 is 0 Å². The molecular formula is C16H19NO2. The van der Waals surface area contributed by atoms with Gasteiger partial charge in [-0.3, -0.25) is 0 Å². The van der Waals surface area contributed by atoms with Crippen LogP contribution < -0.4 is 5.32 Å². The molecule has 1 atom stereocenters. The highest BCUT2D eigenvalue weighted by Crippen LogP contribution is 2.20. The summed E-state index contributed by atoms with van der Waals surface area (Å²) in [4.78, 5) is 0. The van der Waals surface area contributed by atoms with Crippen molar-refractivity contribution < 1.29 is 10.2 Å². The van der Waals surface area contributed by atoms with E-state index in [2.05, 4.69) is 5.32 Å². The fourth-order valence-electron chi connectivity index (χ4n) is 2.09. The van der Waals surface area contributed by atoms with Crippen LogP contribution in [0.15, 0.2) is 54.6 Å². The van der Waals surface area contributed by atoms with Crippen LogP contribution in [0, 0.1) is 0 Å². The van der Waals surface area contributed by atoms with Gasteiger partial charge in [0.05, 0.1) is 0 Å². The lowest BCUT2D eigenvalue weighted by molar-refractivity contribution is 0.265. The maximum atomic E-state index is 9.73. The van der Waals surface area contributed by atoms with Crippen molar-refractivity contribution in [1.82, 2.24) is 5.32 Å². The van der Waals surface area contributed by atoms with Crippen molar-refractivity contribution in [1.29, 1.82) is 0 Å². The number of nitrogens with one attached hydrogen (secondary N) is 1. The number of phenolic OH excluding ortho intramolecular Hbond substituents is 1. The third kappa shape index (κ3) is 3.81. The monoisotopic (exact) mass is 257 g/mol. The topological polar surface area (TPSA) is 52.5 Å². The summed E-state index contributed by atoms with van der Waals surface area (Å²) in [7, 11) is 0. The minimum atomic E-state index is 0.0887. The molecule has 0 fully saturated rings. The third-order valence-electron chi connectivity index (χ3n) is 3.15. The summed E-state index contributed by atoms with van der Waals surface area (Å²) in [6.07, 6.45) is 0.650. The molecule has 0 aliphatic rings. The molecule has 19 heavy (non-hydrogen) atoms. The van der Waals surface area contributed by atoms with Crippen molar-refractivity contribution in [3.8, 4) is 5.75 Å². The lowest BCUT2D eigenvalue weighted by Gasteiger charge is -2.18. The highest BCUT2D eigenvalue weighted by Gasteiger charge is 2.10. The molecule has 0 saturated heterocycles. The first-order valence-corrected chi connectivity index (χ1v) is 6.47. The number of rotatable bonds is 6. The van der Waals surface area contributed by atoms with Gasteiger partial charge in [0.25, 0.3) is 0 Å². The summed E-state index contributed by atoms with van der Waals surface area (Å²) in [6.45, 7) is 0.708. The number of phenols is 1. The van der Waals surface area contributed by atoms with E-state index >= 15 is 0 Å². The molecule has 2 aromatic carbocycles. The quantitative estimate of drug-likeness (QED) is 0.745. The van der Waals surface area contributed by atoms with Gasteiger partial charge in [0.15, 0.2) is 0 Å². The molecule has 3 nitrogen and oxygen atoms in total. The number of hydrogen-bond donors (Lipinski definition) is 3. The predicted octanol–water partition coefficient (Wildman–Crippen LogP) is 2.61. The van der Waals surface area contributed by atoms with E-state index in [9.17, 15) is 5.11 Å². The summed E-state index contributed by atoms with van der Waals surface area (Å²) < 4.78 is 0. The van der Waals surface area contributed by atoms with E-state index in [1.165, 1.54) is 0 Å². The van der Waals surface area contributed by atoms with Crippen LogP contribution in [0.5, 0.6) is 5.75 Å². The maximum absolute atomic E-state index is 9.73. The molecule has 3 N–H and O–H groups in total. The molecule has 0 saturated carbocycles. The molecule has 3 heteroatoms. The minimum absolute atomic E-state index is 0.0887. The fraction of sp³-hybridized carbons (Fsp3) is 0.250. The van der Waals surface area contributed by atoms with Crippen molar-refractivity contribution in [3.63, 3.8) is 0 Å². The molecule has 2 aromatic rings. The van der Waals surface area contributed by atoms with Crippen molar-refractivity contribution >= 4 is 0 Å². The Kier molecular flexibility index (Phi) is 4.95. The van der Waals surface area contributed by atoms with Gasteiger partial charge in [-0.25, -0.2) is 0 Å². The summed E-state index contributed by atoms with van der Waals surface area (Å²) >= 11 is 0. The van der Waals surface area contributed by atoms with Crippen LogP contribution in [0.2, 0.25) is 0 Å². The van der Waals surface area contributed by atoms with Crippen LogP contribution in [-0.4, -0.2) is 16.8 Å². The van der Waals surface area contributed by atoms with E-state index in [1.54, 1.807) is 12.1 Å². The van der Waals surface area contributed by atoms with Crippen LogP contribution in [0.25, 0.3) is 0 Å². The van der Waals surface area contributed by atoms with Gasteiger partial charge < -0.3 is 15.5 Å². The SMILES string of the molecule is OCC[C@@H](NCc1ccccc1O)c1ccccc1. The number of para-hydroxylation sites is 1. The zero-order valence-electron chi connectivity index (χ0n) is 10.8. The molecule has 0 spiro atoms. The Hall–Kier alpha value is -1.84. The lowest BCUT2D eigenvalue weighted by atomic mass is 10.0. The molecule has 100 valence electrons. The average Bonchev–Trinajstić information content (AvgIpc) is 2.46. The van der Waals surface area contributed by atoms with Crippen LogP contribution in [0.1, 0.15) is 23.6 Å². The second-order valence-corrected chi connectivity index (χ2v) is 4.49. The van der Waals surface area contributed by atoms with E-state index in [4.69, 9.17) is 5.11 Å². The molecule has 0 aliphatic carbocycles. The predicted molar refractivity (Wildman–Crippen MR) is 75.8 cm³/mol. The molecule has 0 unspecified atom stereocenters. The van der Waals surface area contributed by atoms with E-state index in [0.717, 1.165) is 11.1 Å². The summed E-state index contributed by atoms with van der Waals surface area (Å²) in [5, 5.41) is 22.3. The molecule has 0 amide bonds. The van der Waals surface area contributed by atoms with Crippen LogP contribution in [0.3, 0.4) is 0 Å². The Balaban J connectivity index is 2.04. The van der Waals surface area contributed by atoms with Gasteiger partial charge in [-0.2, -0.15) is 0 Å². The van der Waals surface area contributed by atoms with Crippen molar-refractivity contribution in [2.45, 2.75) is 19.0 Å². The number of hydrogen-bond acceptors (Lipinski definition) is 3. The smallest absolute Gasteiger partial charge is 0.120 e. The molecule has 2 rings (SSSR count). The number of aliphatic hydroxyl groups excluding tert-OH is 1. The van der Waals surface area contributed by atoms with E-state index in [1.807, 2.05) is 42.5 Å². The molecular weight excluding hydrogens is 238 g/mol. The first kappa shape index (κ1) is 13.6. The lowest BCUT2D eigenvalue weighted by Crippen LogP contribution is -2.22. The Morgan fingerprint density at radius 3 is 2.32 bits per heavy atom. The average molecular weight is 257 g/mol. The Bertz CT molecular complexity index is 499. The minimum Gasteiger partial charge on any atom is -0.508 e. The van der Waals surface area contributed by atoms with Crippen LogP contribution in [0.4, 0.5) is 0 Å². The highest BCUT2D eigenvalue weighted by molar-refractivity contribution is 5.31. The Morgan fingerprint density at radius 1 is 0.947 bits per heavy atom. The Morgan fingerprint density at radius 2 is 1.63 bits per heavy atom. The molecule has 0 radical (unpaired) electrons. The van der Waals surface area contributed by atoms with Gasteiger partial charge in [-0.15, -0.1) is 0 Å². The van der Waals surface area contributed by atoms with Crippen molar-refractivity contribution in [2.24, 2.45) is 0 Å². The van der Waals surface area contributed by atoms with Gasteiger partial charge in [0.1, 0.15) is 5.75 Å². The summed E-state index contributed by atoms with van der Waals surface area (Å²) in [5.41, 5.74) is 2.01. The second kappa shape index (κ2) is 6.92. The summed E-state index contributed by atoms with van der Waals surface area (Å²) in [5.74, 6) is 0.297.